The molecule has 0 aliphatic carbocycles. The Balaban J connectivity index is 3.02. The highest BCUT2D eigenvalue weighted by atomic mass is 16.1. The van der Waals surface area contributed by atoms with E-state index >= 15 is 0 Å². The summed E-state index contributed by atoms with van der Waals surface area (Å²) in [6, 6.07) is 1.74. The second-order valence-electron chi connectivity index (χ2n) is 4.27. The topological polar surface area (TPSA) is 92.9 Å². The van der Waals surface area contributed by atoms with Crippen LogP contribution in [0, 0.1) is 0 Å². The van der Waals surface area contributed by atoms with E-state index in [-0.39, 0.29) is 0 Å². The number of carbonyl (C=O) groups excluding carboxylic acids is 1. The van der Waals surface area contributed by atoms with Crippen LogP contribution in [-0.4, -0.2) is 28.5 Å². The van der Waals surface area contributed by atoms with Crippen molar-refractivity contribution >= 4 is 17.5 Å². The maximum atomic E-state index is 11.2. The van der Waals surface area contributed by atoms with Gasteiger partial charge in [-0.25, -0.2) is 9.97 Å². The van der Waals surface area contributed by atoms with Crippen LogP contribution in [-0.2, 0) is 11.2 Å². The first kappa shape index (κ1) is 13.2. The number of nitrogens with one attached hydrogen (secondary N) is 2. The van der Waals surface area contributed by atoms with E-state index in [0.29, 0.717) is 17.5 Å². The third-order valence-corrected chi connectivity index (χ3v) is 2.40. The van der Waals surface area contributed by atoms with Crippen molar-refractivity contribution in [1.82, 2.24) is 9.97 Å². The van der Waals surface area contributed by atoms with E-state index in [9.17, 15) is 4.79 Å². The Labute approximate surface area is 101 Å². The summed E-state index contributed by atoms with van der Waals surface area (Å²) in [5.74, 6) is 1.57. The molecule has 1 heterocycles. The van der Waals surface area contributed by atoms with Gasteiger partial charge in [-0.1, -0.05) is 6.92 Å². The molecule has 1 aromatic heterocycles. The molecule has 1 rings (SSSR count). The molecular formula is C11H19N5O. The molecule has 0 aromatic carbocycles. The lowest BCUT2D eigenvalue weighted by Gasteiger charge is -2.23. The maximum absolute atomic E-state index is 11.2. The van der Waals surface area contributed by atoms with Crippen molar-refractivity contribution in [1.29, 1.82) is 0 Å². The number of rotatable bonds is 5. The fourth-order valence-corrected chi connectivity index (χ4v) is 1.23. The van der Waals surface area contributed by atoms with Gasteiger partial charge in [0.1, 0.15) is 23.0 Å². The van der Waals surface area contributed by atoms with Gasteiger partial charge < -0.3 is 16.4 Å². The third-order valence-electron chi connectivity index (χ3n) is 2.40. The second kappa shape index (κ2) is 4.99. The number of nitrogens with two attached hydrogens (primary N) is 1. The fourth-order valence-electron chi connectivity index (χ4n) is 1.23. The molecule has 94 valence electrons. The monoisotopic (exact) mass is 237 g/mol. The van der Waals surface area contributed by atoms with Gasteiger partial charge in [0.25, 0.3) is 0 Å². The van der Waals surface area contributed by atoms with Crippen LogP contribution in [0.3, 0.4) is 0 Å². The van der Waals surface area contributed by atoms with Crippen LogP contribution < -0.4 is 16.4 Å². The predicted molar refractivity (Wildman–Crippen MR) is 67.9 cm³/mol. The molecule has 6 nitrogen and oxygen atoms in total. The molecule has 0 bridgehead atoms. The van der Waals surface area contributed by atoms with Gasteiger partial charge in [-0.2, -0.15) is 0 Å². The van der Waals surface area contributed by atoms with Crippen LogP contribution in [0.15, 0.2) is 6.07 Å². The molecule has 6 heteroatoms. The van der Waals surface area contributed by atoms with Gasteiger partial charge in [0.15, 0.2) is 0 Å². The van der Waals surface area contributed by atoms with Crippen molar-refractivity contribution in [3.05, 3.63) is 11.9 Å². The van der Waals surface area contributed by atoms with Crippen molar-refractivity contribution in [2.45, 2.75) is 32.7 Å². The number of amides is 1. The number of hydrogen-bond donors (Lipinski definition) is 3. The lowest BCUT2D eigenvalue weighted by atomic mass is 10.1. The van der Waals surface area contributed by atoms with Crippen molar-refractivity contribution in [2.24, 2.45) is 5.73 Å². The largest absolute Gasteiger partial charge is 0.373 e. The summed E-state index contributed by atoms with van der Waals surface area (Å²) < 4.78 is 0. The summed E-state index contributed by atoms with van der Waals surface area (Å²) in [5, 5.41) is 5.95. The number of hydrogen-bond acceptors (Lipinski definition) is 5. The van der Waals surface area contributed by atoms with Crippen molar-refractivity contribution in [3.63, 3.8) is 0 Å². The van der Waals surface area contributed by atoms with Crippen LogP contribution in [0.1, 0.15) is 26.6 Å². The molecular weight excluding hydrogens is 218 g/mol. The minimum absolute atomic E-state index is 0.430. The molecule has 0 fully saturated rings. The quantitative estimate of drug-likeness (QED) is 0.703. The minimum atomic E-state index is -0.843. The molecule has 1 amide bonds. The standard InChI is InChI=1S/C11H19N5O/c1-5-7-14-8(13-4)6-9(15-7)16-11(2,3)10(12)17/h6H,5H2,1-4H3,(H2,12,17)(H2,13,14,15,16). The van der Waals surface area contributed by atoms with E-state index in [0.717, 1.165) is 6.42 Å². The van der Waals surface area contributed by atoms with Gasteiger partial charge in [-0.3, -0.25) is 4.79 Å². The Morgan fingerprint density at radius 1 is 1.41 bits per heavy atom. The molecule has 0 radical (unpaired) electrons. The highest BCUT2D eigenvalue weighted by molar-refractivity contribution is 5.86. The predicted octanol–water partition coefficient (Wildman–Crippen LogP) is 0.756. The Morgan fingerprint density at radius 3 is 2.47 bits per heavy atom. The van der Waals surface area contributed by atoms with Crippen molar-refractivity contribution < 1.29 is 4.79 Å². The van der Waals surface area contributed by atoms with E-state index < -0.39 is 11.4 Å². The van der Waals surface area contributed by atoms with Crippen molar-refractivity contribution in [3.8, 4) is 0 Å². The molecule has 0 aliphatic heterocycles. The van der Waals surface area contributed by atoms with Gasteiger partial charge >= 0.3 is 0 Å². The Morgan fingerprint density at radius 2 is 2.00 bits per heavy atom. The highest BCUT2D eigenvalue weighted by Gasteiger charge is 2.25. The fraction of sp³-hybridized carbons (Fsp3) is 0.545. The second-order valence-corrected chi connectivity index (χ2v) is 4.27. The number of nitrogens with zero attached hydrogens (tertiary/aromatic N) is 2. The van der Waals surface area contributed by atoms with Crippen LogP contribution in [0.4, 0.5) is 11.6 Å². The summed E-state index contributed by atoms with van der Waals surface area (Å²) in [7, 11) is 1.78. The normalized spacial score (nSPS) is 11.1. The van der Waals surface area contributed by atoms with Crippen molar-refractivity contribution in [2.75, 3.05) is 17.7 Å². The third kappa shape index (κ3) is 3.30. The first-order valence-corrected chi connectivity index (χ1v) is 5.53. The number of aryl methyl sites for hydroxylation is 1. The van der Waals surface area contributed by atoms with E-state index in [1.165, 1.54) is 0 Å². The summed E-state index contributed by atoms with van der Waals surface area (Å²) in [6.07, 6.45) is 0.723. The number of carbonyl (C=O) groups is 1. The molecule has 0 aliphatic rings. The summed E-state index contributed by atoms with van der Waals surface area (Å²) in [6.45, 7) is 5.39. The smallest absolute Gasteiger partial charge is 0.242 e. The minimum Gasteiger partial charge on any atom is -0.373 e. The van der Waals surface area contributed by atoms with E-state index in [1.54, 1.807) is 27.0 Å². The molecule has 17 heavy (non-hydrogen) atoms. The maximum Gasteiger partial charge on any atom is 0.242 e. The molecule has 1 aromatic rings. The zero-order chi connectivity index (χ0) is 13.1. The average molecular weight is 237 g/mol. The first-order chi connectivity index (χ1) is 7.89. The molecule has 4 N–H and O–H groups in total. The van der Waals surface area contributed by atoms with Crippen LogP contribution in [0.5, 0.6) is 0 Å². The molecule has 0 atom stereocenters. The Bertz CT molecular complexity index is 394. The molecule has 0 spiro atoms. The van der Waals surface area contributed by atoms with Gasteiger partial charge in [-0.05, 0) is 13.8 Å². The zero-order valence-corrected chi connectivity index (χ0v) is 10.7. The lowest BCUT2D eigenvalue weighted by molar-refractivity contribution is -0.121. The lowest BCUT2D eigenvalue weighted by Crippen LogP contribution is -2.45. The van der Waals surface area contributed by atoms with Gasteiger partial charge in [0, 0.05) is 19.5 Å². The zero-order valence-electron chi connectivity index (χ0n) is 10.7. The van der Waals surface area contributed by atoms with Gasteiger partial charge in [0.05, 0.1) is 0 Å². The Kier molecular flexibility index (Phi) is 3.88. The van der Waals surface area contributed by atoms with Gasteiger partial charge in [0.2, 0.25) is 5.91 Å². The average Bonchev–Trinajstić information content (AvgIpc) is 2.27. The summed E-state index contributed by atoms with van der Waals surface area (Å²) in [5.41, 5.74) is 4.46. The number of anilines is 2. The molecule has 0 saturated carbocycles. The van der Waals surface area contributed by atoms with Crippen LogP contribution >= 0.6 is 0 Å². The highest BCUT2D eigenvalue weighted by Crippen LogP contribution is 2.16. The van der Waals surface area contributed by atoms with E-state index in [2.05, 4.69) is 20.6 Å². The Hall–Kier alpha value is -1.85. The van der Waals surface area contributed by atoms with E-state index in [4.69, 9.17) is 5.73 Å². The number of aromatic nitrogens is 2. The van der Waals surface area contributed by atoms with Crippen LogP contribution in [0.2, 0.25) is 0 Å². The SMILES string of the molecule is CCc1nc(NC)cc(NC(C)(C)C(N)=O)n1. The molecule has 0 unspecified atom stereocenters. The van der Waals surface area contributed by atoms with E-state index in [1.807, 2.05) is 6.92 Å². The summed E-state index contributed by atoms with van der Waals surface area (Å²) >= 11 is 0. The van der Waals surface area contributed by atoms with Crippen LogP contribution in [0.25, 0.3) is 0 Å². The molecule has 0 saturated heterocycles. The first-order valence-electron chi connectivity index (χ1n) is 5.53. The summed E-state index contributed by atoms with van der Waals surface area (Å²) in [4.78, 5) is 19.8. The van der Waals surface area contributed by atoms with Gasteiger partial charge in [-0.15, -0.1) is 0 Å². The number of primary amides is 1.